The molecule has 0 unspecified atom stereocenters. The highest BCUT2D eigenvalue weighted by Gasteiger charge is 2.53. The van der Waals surface area contributed by atoms with Gasteiger partial charge in [0.05, 0.1) is 33.6 Å². The molecule has 2 aliphatic heterocycles. The van der Waals surface area contributed by atoms with Crippen LogP contribution in [0, 0.1) is 0 Å². The number of ether oxygens (including phenoxy) is 2. The van der Waals surface area contributed by atoms with E-state index in [1.54, 1.807) is 0 Å². The van der Waals surface area contributed by atoms with Crippen LogP contribution in [0.5, 0.6) is 23.0 Å². The summed E-state index contributed by atoms with van der Waals surface area (Å²) in [5.74, 6) is 4.51. The van der Waals surface area contributed by atoms with Crippen molar-refractivity contribution in [2.24, 2.45) is 0 Å². The van der Waals surface area contributed by atoms with Gasteiger partial charge in [-0.05, 0) is 162 Å². The van der Waals surface area contributed by atoms with Crippen LogP contribution < -0.4 is 9.47 Å². The van der Waals surface area contributed by atoms with Crippen molar-refractivity contribution in [2.75, 3.05) is 0 Å². The van der Waals surface area contributed by atoms with Gasteiger partial charge >= 0.3 is 0 Å². The van der Waals surface area contributed by atoms with Crippen LogP contribution in [0.25, 0.3) is 135 Å². The van der Waals surface area contributed by atoms with E-state index >= 15 is 0 Å². The highest BCUT2D eigenvalue weighted by molar-refractivity contribution is 5.92. The molecule has 4 aliphatic rings. The lowest BCUT2D eigenvalue weighted by Gasteiger charge is -2.39. The van der Waals surface area contributed by atoms with E-state index in [1.807, 2.05) is 6.07 Å². The van der Waals surface area contributed by atoms with E-state index < -0.39 is 10.8 Å². The van der Waals surface area contributed by atoms with Gasteiger partial charge < -0.3 is 9.47 Å². The first-order valence-electron chi connectivity index (χ1n) is 36.1. The molecule has 15 aromatic carbocycles. The van der Waals surface area contributed by atoms with Gasteiger partial charge in [0.15, 0.2) is 11.6 Å². The van der Waals surface area contributed by atoms with Crippen LogP contribution in [0.15, 0.2) is 376 Å². The second kappa shape index (κ2) is 24.4. The van der Waals surface area contributed by atoms with Gasteiger partial charge in [-0.1, -0.05) is 303 Å². The number of aromatic nitrogens is 4. The lowest BCUT2D eigenvalue weighted by molar-refractivity contribution is 0.436. The molecule has 0 atom stereocenters. The normalized spacial score (nSPS) is 13.2. The lowest BCUT2D eigenvalue weighted by atomic mass is 9.65. The molecule has 21 rings (SSSR count). The number of fused-ring (bicyclic) bond motifs is 18. The summed E-state index contributed by atoms with van der Waals surface area (Å²) in [6.07, 6.45) is 0. The topological polar surface area (TPSA) is 70.0 Å². The quantitative estimate of drug-likeness (QED) is 0.136. The Balaban J connectivity index is 0.648. The van der Waals surface area contributed by atoms with E-state index in [9.17, 15) is 0 Å². The third-order valence-electron chi connectivity index (χ3n) is 22.1. The van der Waals surface area contributed by atoms with Gasteiger partial charge in [-0.25, -0.2) is 19.9 Å². The minimum absolute atomic E-state index is 0.623. The third kappa shape index (κ3) is 9.65. The molecule has 0 saturated heterocycles. The summed E-state index contributed by atoms with van der Waals surface area (Å²) < 4.78 is 14.2. The molecular formula is C100H62N4O2. The molecule has 17 aromatic rings. The van der Waals surface area contributed by atoms with Crippen LogP contribution in [0.1, 0.15) is 44.5 Å². The van der Waals surface area contributed by atoms with Gasteiger partial charge in [-0.2, -0.15) is 0 Å². The maximum absolute atomic E-state index is 7.28. The molecule has 106 heavy (non-hydrogen) atoms. The number of benzene rings is 15. The van der Waals surface area contributed by atoms with E-state index in [4.69, 9.17) is 29.4 Å². The molecule has 2 aromatic heterocycles. The fourth-order valence-electron chi connectivity index (χ4n) is 17.2. The summed E-state index contributed by atoms with van der Waals surface area (Å²) >= 11 is 0. The largest absolute Gasteiger partial charge is 0.457 e. The van der Waals surface area contributed by atoms with Gasteiger partial charge in [0.2, 0.25) is 0 Å². The first kappa shape index (κ1) is 60.8. The number of para-hydroxylation sites is 1. The first-order valence-corrected chi connectivity index (χ1v) is 36.1. The molecule has 2 spiro atoms. The van der Waals surface area contributed by atoms with Crippen molar-refractivity contribution in [1.82, 2.24) is 19.9 Å². The lowest BCUT2D eigenvalue weighted by Crippen LogP contribution is -2.32. The summed E-state index contributed by atoms with van der Waals surface area (Å²) in [4.78, 5) is 21.8. The minimum Gasteiger partial charge on any atom is -0.457 e. The maximum atomic E-state index is 7.28. The zero-order valence-electron chi connectivity index (χ0n) is 57.4. The third-order valence-corrected chi connectivity index (χ3v) is 22.1. The van der Waals surface area contributed by atoms with Crippen LogP contribution in [-0.2, 0) is 10.8 Å². The average molecular weight is 1350 g/mol. The molecule has 6 heteroatoms. The smallest absolute Gasteiger partial charge is 0.160 e. The summed E-state index contributed by atoms with van der Waals surface area (Å²) in [5, 5.41) is 0. The Morgan fingerprint density at radius 3 is 0.925 bits per heavy atom. The van der Waals surface area contributed by atoms with Crippen molar-refractivity contribution in [3.05, 3.63) is 421 Å². The fraction of sp³-hybridized carbons (Fsp3) is 0.0200. The van der Waals surface area contributed by atoms with Crippen LogP contribution in [0.2, 0.25) is 0 Å². The van der Waals surface area contributed by atoms with Crippen molar-refractivity contribution >= 4 is 0 Å². The van der Waals surface area contributed by atoms with E-state index in [2.05, 4.69) is 370 Å². The number of hydrogen-bond acceptors (Lipinski definition) is 6. The van der Waals surface area contributed by atoms with E-state index in [1.165, 1.54) is 44.5 Å². The average Bonchev–Trinajstić information content (AvgIpc) is 1.19. The highest BCUT2D eigenvalue weighted by Crippen LogP contribution is 2.65. The fourth-order valence-corrected chi connectivity index (χ4v) is 17.2. The zero-order valence-corrected chi connectivity index (χ0v) is 57.4. The Bertz CT molecular complexity index is 6300. The molecule has 4 heterocycles. The standard InChI is InChI=1S/C100H62N4O2/c1-4-22-63(23-5-1)65-42-46-68(47-43-65)90-61-91(103-97(102-90)75-51-54-94-87(58-75)99(85-40-18-19-41-93(85)105-94)81-36-14-10-32-77(81)78-33-11-15-37-82(78)99)69-48-44-66(45-49-69)70-28-20-30-72(56-70)73-50-53-86-96(60-73)106-95-55-52-76(59-88(95)100(86)83-38-16-12-34-79(83)80-35-13-17-39-84(80)100)98-101-89(67-26-8-3-9-27-67)62-92(104-98)74-31-21-29-71(57-74)64-24-6-2-7-25-64/h1-62H. The van der Waals surface area contributed by atoms with Crippen LogP contribution in [0.3, 0.4) is 0 Å². The summed E-state index contributed by atoms with van der Waals surface area (Å²) in [6, 6.07) is 134. The molecule has 0 radical (unpaired) electrons. The monoisotopic (exact) mass is 1350 g/mol. The van der Waals surface area contributed by atoms with E-state index in [0.717, 1.165) is 146 Å². The molecule has 0 N–H and O–H groups in total. The van der Waals surface area contributed by atoms with Crippen LogP contribution in [0.4, 0.5) is 0 Å². The SMILES string of the molecule is c1ccc(-c2ccc(-c3cc(-c4ccc(-c5cccc(-c6ccc7c(c6)Oc6ccc(-c8nc(-c9ccccc9)cc(-c9cccc(-c%10ccccc%10)c9)n8)cc6C76c7ccccc7-c7ccccc76)c5)cc4)nc(-c4ccc5c(c4)C4(c6ccccc6O5)c5ccccc5-c5ccccc54)n3)cc2)cc1. The number of rotatable bonds is 10. The maximum Gasteiger partial charge on any atom is 0.160 e. The highest BCUT2D eigenvalue weighted by atomic mass is 16.5. The Kier molecular flexibility index (Phi) is 14.0. The molecule has 494 valence electrons. The summed E-state index contributed by atoms with van der Waals surface area (Å²) in [5.41, 5.74) is 30.6. The molecule has 6 nitrogen and oxygen atoms in total. The van der Waals surface area contributed by atoms with Crippen molar-refractivity contribution < 1.29 is 9.47 Å². The van der Waals surface area contributed by atoms with Gasteiger partial charge in [-0.15, -0.1) is 0 Å². The van der Waals surface area contributed by atoms with Crippen molar-refractivity contribution in [2.45, 2.75) is 10.8 Å². The van der Waals surface area contributed by atoms with E-state index in [0.29, 0.717) is 11.6 Å². The summed E-state index contributed by atoms with van der Waals surface area (Å²) in [7, 11) is 0. The Labute approximate surface area is 614 Å². The first-order chi connectivity index (χ1) is 52.5. The van der Waals surface area contributed by atoms with Gasteiger partial charge in [0.1, 0.15) is 23.0 Å². The Morgan fingerprint density at radius 1 is 0.160 bits per heavy atom. The van der Waals surface area contributed by atoms with Crippen LogP contribution >= 0.6 is 0 Å². The van der Waals surface area contributed by atoms with Crippen molar-refractivity contribution in [1.29, 1.82) is 0 Å². The molecule has 0 bridgehead atoms. The number of hydrogen-bond donors (Lipinski definition) is 0. The molecule has 0 saturated carbocycles. The van der Waals surface area contributed by atoms with Crippen LogP contribution in [-0.4, -0.2) is 19.9 Å². The zero-order chi connectivity index (χ0) is 69.9. The predicted molar refractivity (Wildman–Crippen MR) is 427 cm³/mol. The molecule has 2 aliphatic carbocycles. The Morgan fingerprint density at radius 2 is 0.443 bits per heavy atom. The predicted octanol–water partition coefficient (Wildman–Crippen LogP) is 24.9. The van der Waals surface area contributed by atoms with E-state index in [-0.39, 0.29) is 0 Å². The molecule has 0 fully saturated rings. The second-order valence-electron chi connectivity index (χ2n) is 27.9. The van der Waals surface area contributed by atoms with Gasteiger partial charge in [0.25, 0.3) is 0 Å². The second-order valence-corrected chi connectivity index (χ2v) is 27.9. The summed E-state index contributed by atoms with van der Waals surface area (Å²) in [6.45, 7) is 0. The van der Waals surface area contributed by atoms with Crippen molar-refractivity contribution in [3.63, 3.8) is 0 Å². The Hall–Kier alpha value is -13.9. The van der Waals surface area contributed by atoms with Gasteiger partial charge in [-0.3, -0.25) is 0 Å². The number of nitrogens with zero attached hydrogens (tertiary/aromatic N) is 4. The molecule has 0 amide bonds. The van der Waals surface area contributed by atoms with Gasteiger partial charge in [0, 0.05) is 55.6 Å². The van der Waals surface area contributed by atoms with Crippen molar-refractivity contribution in [3.8, 4) is 158 Å². The minimum atomic E-state index is -0.739. The molecular weight excluding hydrogens is 1290 g/mol.